The van der Waals surface area contributed by atoms with Crippen LogP contribution in [0, 0.1) is 0 Å². The number of morpholine rings is 1. The van der Waals surface area contributed by atoms with Crippen molar-refractivity contribution >= 4 is 27.4 Å². The van der Waals surface area contributed by atoms with E-state index in [0.29, 0.717) is 6.54 Å². The lowest BCUT2D eigenvalue weighted by Crippen LogP contribution is -2.53. The second-order valence-corrected chi connectivity index (χ2v) is 6.07. The largest absolute Gasteiger partial charge is 0.467 e. The maximum absolute atomic E-state index is 11.5. The number of alkyl halides is 1. The van der Waals surface area contributed by atoms with Gasteiger partial charge in [-0.15, -0.1) is 0 Å². The van der Waals surface area contributed by atoms with E-state index in [1.165, 1.54) is 4.90 Å². The molecule has 1 heterocycles. The summed E-state index contributed by atoms with van der Waals surface area (Å²) in [6, 6.07) is 0. The van der Waals surface area contributed by atoms with E-state index in [4.69, 9.17) is 16.3 Å². The van der Waals surface area contributed by atoms with Gasteiger partial charge in [0.2, 0.25) is 5.37 Å². The summed E-state index contributed by atoms with van der Waals surface area (Å²) in [5.74, 6) is -0.798. The molecule has 1 aliphatic rings. The smallest absolute Gasteiger partial charge is 0.338 e. The Balaban J connectivity index is 2.88. The van der Waals surface area contributed by atoms with Crippen molar-refractivity contribution in [2.75, 3.05) is 33.1 Å². The van der Waals surface area contributed by atoms with Crippen LogP contribution >= 0.6 is 11.6 Å². The second kappa shape index (κ2) is 5.31. The number of nitrogens with zero attached hydrogens (tertiary/aromatic N) is 1. The first kappa shape index (κ1) is 13.7. The molecule has 0 spiro atoms. The zero-order valence-corrected chi connectivity index (χ0v) is 10.6. The van der Waals surface area contributed by atoms with E-state index in [2.05, 4.69) is 4.74 Å². The highest BCUT2D eigenvalue weighted by Crippen LogP contribution is 2.16. The fourth-order valence-electron chi connectivity index (χ4n) is 1.53. The molecule has 1 saturated heterocycles. The van der Waals surface area contributed by atoms with Crippen LogP contribution in [0.15, 0.2) is 0 Å². The summed E-state index contributed by atoms with van der Waals surface area (Å²) in [5.41, 5.74) is -0.609. The normalized spacial score (nSPS) is 25.1. The Morgan fingerprint density at radius 2 is 2.25 bits per heavy atom. The topological polar surface area (TPSA) is 72.9 Å². The number of hydrogen-bond donors (Lipinski definition) is 0. The molecule has 0 saturated carbocycles. The quantitative estimate of drug-likeness (QED) is 0.505. The van der Waals surface area contributed by atoms with Gasteiger partial charge in [-0.25, -0.2) is 13.2 Å². The van der Waals surface area contributed by atoms with Crippen molar-refractivity contribution in [1.82, 2.24) is 4.90 Å². The Morgan fingerprint density at radius 3 is 2.69 bits per heavy atom. The first-order chi connectivity index (χ1) is 7.36. The zero-order valence-electron chi connectivity index (χ0n) is 9.05. The predicted octanol–water partition coefficient (Wildman–Crippen LogP) is -0.573. The summed E-state index contributed by atoms with van der Waals surface area (Å²) in [4.78, 5) is 12.9. The highest BCUT2D eigenvalue weighted by molar-refractivity contribution is 7.92. The van der Waals surface area contributed by atoms with Crippen molar-refractivity contribution in [3.05, 3.63) is 0 Å². The standard InChI is InChI=1S/C8H14ClNO5S/c1-14-8(11)7(16(2,12)13)10-3-4-15-6(9)5-10/h6-7H,3-5H2,1-2H3. The molecule has 16 heavy (non-hydrogen) atoms. The molecule has 0 N–H and O–H groups in total. The first-order valence-electron chi connectivity index (χ1n) is 4.62. The van der Waals surface area contributed by atoms with E-state index < -0.39 is 26.7 Å². The van der Waals surface area contributed by atoms with E-state index in [1.807, 2.05) is 0 Å². The van der Waals surface area contributed by atoms with Gasteiger partial charge in [-0.1, -0.05) is 11.6 Å². The van der Waals surface area contributed by atoms with Crippen molar-refractivity contribution in [3.63, 3.8) is 0 Å². The fourth-order valence-corrected chi connectivity index (χ4v) is 2.98. The van der Waals surface area contributed by atoms with Gasteiger partial charge in [0.1, 0.15) is 5.56 Å². The summed E-state index contributed by atoms with van der Waals surface area (Å²) < 4.78 is 32.6. The third-order valence-electron chi connectivity index (χ3n) is 2.20. The first-order valence-corrected chi connectivity index (χ1v) is 7.01. The molecule has 1 fully saturated rings. The summed E-state index contributed by atoms with van der Waals surface area (Å²) in [6.07, 6.45) is 0.993. The molecule has 1 rings (SSSR count). The SMILES string of the molecule is COC(=O)C(N1CCOC(Cl)C1)S(C)(=O)=O. The van der Waals surface area contributed by atoms with Crippen molar-refractivity contribution in [2.45, 2.75) is 10.9 Å². The minimum atomic E-state index is -3.56. The van der Waals surface area contributed by atoms with Gasteiger partial charge in [0, 0.05) is 19.3 Å². The van der Waals surface area contributed by atoms with Crippen LogP contribution in [-0.4, -0.2) is 63.3 Å². The number of carbonyl (C=O) groups excluding carboxylic acids is 1. The molecule has 0 aliphatic carbocycles. The number of esters is 1. The van der Waals surface area contributed by atoms with Gasteiger partial charge in [-0.3, -0.25) is 4.90 Å². The Kier molecular flexibility index (Phi) is 4.54. The number of sulfone groups is 1. The maximum Gasteiger partial charge on any atom is 0.338 e. The molecule has 94 valence electrons. The third-order valence-corrected chi connectivity index (χ3v) is 3.76. The molecule has 2 unspecified atom stereocenters. The average Bonchev–Trinajstić information content (AvgIpc) is 2.15. The van der Waals surface area contributed by atoms with Gasteiger partial charge in [-0.05, 0) is 0 Å². The number of halogens is 1. The van der Waals surface area contributed by atoms with Crippen LogP contribution in [0.2, 0.25) is 0 Å². The van der Waals surface area contributed by atoms with E-state index in [0.717, 1.165) is 13.4 Å². The van der Waals surface area contributed by atoms with Gasteiger partial charge < -0.3 is 9.47 Å². The van der Waals surface area contributed by atoms with Crippen molar-refractivity contribution in [1.29, 1.82) is 0 Å². The number of carbonyl (C=O) groups is 1. The van der Waals surface area contributed by atoms with Crippen molar-refractivity contribution < 1.29 is 22.7 Å². The van der Waals surface area contributed by atoms with Crippen LogP contribution in [0.5, 0.6) is 0 Å². The van der Waals surface area contributed by atoms with Gasteiger partial charge >= 0.3 is 5.97 Å². The molecule has 2 atom stereocenters. The Bertz CT molecular complexity index is 357. The van der Waals surface area contributed by atoms with Gasteiger partial charge in [-0.2, -0.15) is 0 Å². The van der Waals surface area contributed by atoms with Crippen LogP contribution < -0.4 is 0 Å². The summed E-state index contributed by atoms with van der Waals surface area (Å²) >= 11 is 5.74. The molecule has 0 amide bonds. The monoisotopic (exact) mass is 271 g/mol. The highest BCUT2D eigenvalue weighted by atomic mass is 35.5. The molecule has 0 radical (unpaired) electrons. The predicted molar refractivity (Wildman–Crippen MR) is 57.8 cm³/mol. The van der Waals surface area contributed by atoms with Gasteiger partial charge in [0.15, 0.2) is 9.84 Å². The maximum atomic E-state index is 11.5. The lowest BCUT2D eigenvalue weighted by atomic mass is 10.4. The molecular formula is C8H14ClNO5S. The molecule has 0 aromatic rings. The molecule has 6 nitrogen and oxygen atoms in total. The third kappa shape index (κ3) is 3.31. The summed E-state index contributed by atoms with van der Waals surface area (Å²) in [7, 11) is -2.41. The zero-order chi connectivity index (χ0) is 12.3. The van der Waals surface area contributed by atoms with E-state index in [9.17, 15) is 13.2 Å². The average molecular weight is 272 g/mol. The minimum absolute atomic E-state index is 0.175. The van der Waals surface area contributed by atoms with Crippen LogP contribution in [0.1, 0.15) is 0 Å². The molecule has 8 heteroatoms. The minimum Gasteiger partial charge on any atom is -0.467 e. The van der Waals surface area contributed by atoms with E-state index in [-0.39, 0.29) is 13.2 Å². The van der Waals surface area contributed by atoms with Crippen LogP contribution in [0.4, 0.5) is 0 Å². The summed E-state index contributed by atoms with van der Waals surface area (Å²) in [6.45, 7) is 0.793. The lowest BCUT2D eigenvalue weighted by Gasteiger charge is -2.33. The number of methoxy groups -OCH3 is 1. The molecule has 0 bridgehead atoms. The van der Waals surface area contributed by atoms with Crippen molar-refractivity contribution in [2.24, 2.45) is 0 Å². The number of hydrogen-bond acceptors (Lipinski definition) is 6. The van der Waals surface area contributed by atoms with E-state index in [1.54, 1.807) is 0 Å². The Morgan fingerprint density at radius 1 is 1.62 bits per heavy atom. The van der Waals surface area contributed by atoms with Crippen LogP contribution in [-0.2, 0) is 24.1 Å². The Labute approximate surface area is 99.4 Å². The lowest BCUT2D eigenvalue weighted by molar-refractivity contribution is -0.145. The molecule has 0 aromatic heterocycles. The van der Waals surface area contributed by atoms with Gasteiger partial charge in [0.05, 0.1) is 13.7 Å². The van der Waals surface area contributed by atoms with Crippen LogP contribution in [0.25, 0.3) is 0 Å². The Hall–Kier alpha value is -0.370. The van der Waals surface area contributed by atoms with E-state index >= 15 is 0 Å². The van der Waals surface area contributed by atoms with Gasteiger partial charge in [0.25, 0.3) is 0 Å². The fraction of sp³-hybridized carbons (Fsp3) is 0.875. The van der Waals surface area contributed by atoms with Crippen molar-refractivity contribution in [3.8, 4) is 0 Å². The second-order valence-electron chi connectivity index (χ2n) is 3.48. The summed E-state index contributed by atoms with van der Waals surface area (Å²) in [5, 5.41) is -1.30. The van der Waals surface area contributed by atoms with Crippen LogP contribution in [0.3, 0.4) is 0 Å². The molecule has 0 aromatic carbocycles. The highest BCUT2D eigenvalue weighted by Gasteiger charge is 2.38. The molecular weight excluding hydrogens is 258 g/mol. The molecule has 1 aliphatic heterocycles. The number of ether oxygens (including phenoxy) is 2. The number of rotatable bonds is 3.